The average Bonchev–Trinajstić information content (AvgIpc) is 2.31. The molecule has 0 saturated carbocycles. The average molecular weight is 325 g/mol. The van der Waals surface area contributed by atoms with Crippen LogP contribution in [0.1, 0.15) is 5.56 Å². The molecule has 92 valence electrons. The number of rotatable bonds is 3. The lowest BCUT2D eigenvalue weighted by atomic mass is 10.2. The summed E-state index contributed by atoms with van der Waals surface area (Å²) in [4.78, 5) is 1.46. The van der Waals surface area contributed by atoms with Crippen LogP contribution in [-0.2, 0) is 0 Å². The van der Waals surface area contributed by atoms with Crippen LogP contribution < -0.4 is 5.73 Å². The molecular formula is C13H10BrFN2S. The Bertz CT molecular complexity index is 601. The molecule has 0 atom stereocenters. The van der Waals surface area contributed by atoms with Gasteiger partial charge >= 0.3 is 0 Å². The summed E-state index contributed by atoms with van der Waals surface area (Å²) >= 11 is 4.71. The third-order valence-electron chi connectivity index (χ3n) is 2.27. The van der Waals surface area contributed by atoms with E-state index in [1.54, 1.807) is 12.1 Å². The molecule has 2 nitrogen and oxygen atoms in total. The minimum Gasteiger partial charge on any atom is -0.384 e. The van der Waals surface area contributed by atoms with Crippen LogP contribution in [-0.4, -0.2) is 5.84 Å². The summed E-state index contributed by atoms with van der Waals surface area (Å²) in [6.07, 6.45) is 0. The zero-order chi connectivity index (χ0) is 13.1. The van der Waals surface area contributed by atoms with Crippen molar-refractivity contribution < 1.29 is 4.39 Å². The second-order valence-corrected chi connectivity index (χ2v) is 5.65. The minimum absolute atomic E-state index is 0.132. The predicted molar refractivity (Wildman–Crippen MR) is 75.7 cm³/mol. The molecule has 0 fully saturated rings. The molecule has 0 aromatic heterocycles. The van der Waals surface area contributed by atoms with E-state index in [0.717, 1.165) is 9.37 Å². The fourth-order valence-electron chi connectivity index (χ4n) is 1.41. The molecule has 18 heavy (non-hydrogen) atoms. The molecule has 0 amide bonds. The lowest BCUT2D eigenvalue weighted by Crippen LogP contribution is -2.11. The van der Waals surface area contributed by atoms with Crippen LogP contribution in [0, 0.1) is 11.2 Å². The quantitative estimate of drug-likeness (QED) is 0.661. The van der Waals surface area contributed by atoms with Crippen LogP contribution in [0.25, 0.3) is 0 Å². The van der Waals surface area contributed by atoms with Crippen molar-refractivity contribution in [2.75, 3.05) is 0 Å². The Balaban J connectivity index is 2.27. The summed E-state index contributed by atoms with van der Waals surface area (Å²) in [6, 6.07) is 12.2. The number of nitrogen functional groups attached to an aromatic ring is 1. The van der Waals surface area contributed by atoms with Crippen molar-refractivity contribution >= 4 is 33.5 Å². The molecule has 0 spiro atoms. The van der Waals surface area contributed by atoms with Crippen LogP contribution in [0.4, 0.5) is 4.39 Å². The lowest BCUT2D eigenvalue weighted by Gasteiger charge is -2.05. The van der Waals surface area contributed by atoms with Gasteiger partial charge in [0.1, 0.15) is 11.7 Å². The van der Waals surface area contributed by atoms with Gasteiger partial charge in [-0.25, -0.2) is 4.39 Å². The third-order valence-corrected chi connectivity index (χ3v) is 3.80. The molecule has 2 aromatic carbocycles. The number of hydrogen-bond donors (Lipinski definition) is 2. The summed E-state index contributed by atoms with van der Waals surface area (Å²) in [6.45, 7) is 0. The summed E-state index contributed by atoms with van der Waals surface area (Å²) in [5, 5.41) is 7.25. The summed E-state index contributed by atoms with van der Waals surface area (Å²) < 4.78 is 14.8. The Morgan fingerprint density at radius 1 is 1.22 bits per heavy atom. The molecule has 0 bridgehead atoms. The SMILES string of the molecule is N=C(N)c1ccc(Sc2cccc(Br)c2)c(F)c1. The molecule has 0 aliphatic rings. The molecule has 3 N–H and O–H groups in total. The largest absolute Gasteiger partial charge is 0.384 e. The Hall–Kier alpha value is -1.33. The molecule has 0 radical (unpaired) electrons. The fraction of sp³-hybridized carbons (Fsp3) is 0. The lowest BCUT2D eigenvalue weighted by molar-refractivity contribution is 0.601. The molecule has 0 aliphatic carbocycles. The second-order valence-electron chi connectivity index (χ2n) is 3.62. The van der Waals surface area contributed by atoms with Crippen molar-refractivity contribution in [2.24, 2.45) is 5.73 Å². The number of nitrogens with two attached hydrogens (primary N) is 1. The molecule has 2 aromatic rings. The second kappa shape index (κ2) is 5.54. The van der Waals surface area contributed by atoms with Gasteiger partial charge in [0.25, 0.3) is 0 Å². The molecule has 0 unspecified atom stereocenters. The zero-order valence-corrected chi connectivity index (χ0v) is 11.7. The van der Waals surface area contributed by atoms with Crippen molar-refractivity contribution in [1.82, 2.24) is 0 Å². The number of benzene rings is 2. The van der Waals surface area contributed by atoms with Crippen LogP contribution in [0.5, 0.6) is 0 Å². The first-order valence-corrected chi connectivity index (χ1v) is 6.74. The van der Waals surface area contributed by atoms with Gasteiger partial charge < -0.3 is 5.73 Å². The molecule has 5 heteroatoms. The first kappa shape index (κ1) is 13.1. The molecular weight excluding hydrogens is 315 g/mol. The van der Waals surface area contributed by atoms with Gasteiger partial charge in [-0.3, -0.25) is 5.41 Å². The van der Waals surface area contributed by atoms with Crippen LogP contribution in [0.3, 0.4) is 0 Å². The Labute approximate surface area is 117 Å². The van der Waals surface area contributed by atoms with E-state index in [1.807, 2.05) is 24.3 Å². The van der Waals surface area contributed by atoms with E-state index in [9.17, 15) is 4.39 Å². The maximum Gasteiger partial charge on any atom is 0.137 e. The summed E-state index contributed by atoms with van der Waals surface area (Å²) in [5.74, 6) is -0.499. The van der Waals surface area contributed by atoms with Crippen molar-refractivity contribution in [1.29, 1.82) is 5.41 Å². The number of halogens is 2. The van der Waals surface area contributed by atoms with Gasteiger partial charge in [0.05, 0.1) is 0 Å². The highest BCUT2D eigenvalue weighted by molar-refractivity contribution is 9.10. The van der Waals surface area contributed by atoms with Gasteiger partial charge in [0, 0.05) is 19.8 Å². The number of amidine groups is 1. The van der Waals surface area contributed by atoms with Crippen molar-refractivity contribution in [3.8, 4) is 0 Å². The van der Waals surface area contributed by atoms with Crippen LogP contribution in [0.2, 0.25) is 0 Å². The first-order chi connectivity index (χ1) is 8.56. The molecule has 0 aliphatic heterocycles. The fourth-order valence-corrected chi connectivity index (χ4v) is 2.84. The van der Waals surface area contributed by atoms with E-state index >= 15 is 0 Å². The van der Waals surface area contributed by atoms with Gasteiger partial charge in [-0.15, -0.1) is 0 Å². The van der Waals surface area contributed by atoms with Gasteiger partial charge in [-0.1, -0.05) is 33.8 Å². The zero-order valence-electron chi connectivity index (χ0n) is 9.28. The standard InChI is InChI=1S/C13H10BrFN2S/c14-9-2-1-3-10(7-9)18-12-5-4-8(13(16)17)6-11(12)15/h1-7H,(H3,16,17). The summed E-state index contributed by atoms with van der Waals surface area (Å²) in [7, 11) is 0. The van der Waals surface area contributed by atoms with E-state index in [0.29, 0.717) is 10.5 Å². The van der Waals surface area contributed by atoms with Gasteiger partial charge in [-0.05, 0) is 36.4 Å². The normalized spacial score (nSPS) is 10.3. The summed E-state index contributed by atoms with van der Waals surface area (Å²) in [5.41, 5.74) is 5.70. The van der Waals surface area contributed by atoms with Crippen LogP contribution in [0.15, 0.2) is 56.7 Å². The smallest absolute Gasteiger partial charge is 0.137 e. The molecule has 0 saturated heterocycles. The van der Waals surface area contributed by atoms with Gasteiger partial charge in [-0.2, -0.15) is 0 Å². The highest BCUT2D eigenvalue weighted by Crippen LogP contribution is 2.31. The minimum atomic E-state index is -0.368. The third kappa shape index (κ3) is 3.11. The maximum atomic E-state index is 13.8. The van der Waals surface area contributed by atoms with Crippen LogP contribution >= 0.6 is 27.7 Å². The first-order valence-electron chi connectivity index (χ1n) is 5.13. The van der Waals surface area contributed by atoms with Crippen molar-refractivity contribution in [2.45, 2.75) is 9.79 Å². The Morgan fingerprint density at radius 3 is 2.61 bits per heavy atom. The van der Waals surface area contributed by atoms with E-state index < -0.39 is 0 Å². The Kier molecular flexibility index (Phi) is 4.04. The van der Waals surface area contributed by atoms with E-state index in [4.69, 9.17) is 11.1 Å². The number of hydrogen-bond acceptors (Lipinski definition) is 2. The van der Waals surface area contributed by atoms with Gasteiger partial charge in [0.2, 0.25) is 0 Å². The topological polar surface area (TPSA) is 49.9 Å². The van der Waals surface area contributed by atoms with Gasteiger partial charge in [0.15, 0.2) is 0 Å². The molecule has 0 heterocycles. The number of nitrogens with one attached hydrogen (secondary N) is 1. The van der Waals surface area contributed by atoms with E-state index in [1.165, 1.54) is 17.8 Å². The highest BCUT2D eigenvalue weighted by Gasteiger charge is 2.07. The van der Waals surface area contributed by atoms with Crippen molar-refractivity contribution in [3.05, 3.63) is 58.3 Å². The predicted octanol–water partition coefficient (Wildman–Crippen LogP) is 4.02. The monoisotopic (exact) mass is 324 g/mol. The van der Waals surface area contributed by atoms with Crippen molar-refractivity contribution in [3.63, 3.8) is 0 Å². The molecule has 2 rings (SSSR count). The van der Waals surface area contributed by atoms with E-state index in [-0.39, 0.29) is 11.7 Å². The highest BCUT2D eigenvalue weighted by atomic mass is 79.9. The van der Waals surface area contributed by atoms with E-state index in [2.05, 4.69) is 15.9 Å². The Morgan fingerprint density at radius 2 is 2.00 bits per heavy atom. The maximum absolute atomic E-state index is 13.8.